The van der Waals surface area contributed by atoms with Gasteiger partial charge in [0.2, 0.25) is 0 Å². The summed E-state index contributed by atoms with van der Waals surface area (Å²) < 4.78 is 11.5. The molecule has 3 heteroatoms. The fourth-order valence-corrected chi connectivity index (χ4v) is 2.70. The van der Waals surface area contributed by atoms with Crippen molar-refractivity contribution >= 4 is 0 Å². The van der Waals surface area contributed by atoms with E-state index >= 15 is 0 Å². The lowest BCUT2D eigenvalue weighted by atomic mass is 9.84. The Morgan fingerprint density at radius 1 is 1.25 bits per heavy atom. The maximum Gasteiger partial charge on any atom is 0.0741 e. The molecule has 2 saturated heterocycles. The molecule has 2 heterocycles. The van der Waals surface area contributed by atoms with Crippen LogP contribution in [-0.2, 0) is 9.47 Å². The minimum Gasteiger partial charge on any atom is -0.381 e. The molecule has 16 heavy (non-hydrogen) atoms. The van der Waals surface area contributed by atoms with Crippen LogP contribution >= 0.6 is 0 Å². The molecule has 0 saturated carbocycles. The number of hydrogen-bond acceptors (Lipinski definition) is 3. The van der Waals surface area contributed by atoms with Crippen molar-refractivity contribution in [2.75, 3.05) is 26.4 Å². The molecule has 0 aromatic heterocycles. The van der Waals surface area contributed by atoms with Crippen molar-refractivity contribution in [3.05, 3.63) is 0 Å². The van der Waals surface area contributed by atoms with E-state index in [1.54, 1.807) is 0 Å². The van der Waals surface area contributed by atoms with Gasteiger partial charge in [-0.25, -0.2) is 0 Å². The van der Waals surface area contributed by atoms with Gasteiger partial charge in [-0.1, -0.05) is 13.8 Å². The van der Waals surface area contributed by atoms with Gasteiger partial charge in [0.15, 0.2) is 0 Å². The lowest BCUT2D eigenvalue weighted by molar-refractivity contribution is -0.140. The zero-order chi connectivity index (χ0) is 11.4. The third-order valence-electron chi connectivity index (χ3n) is 3.71. The van der Waals surface area contributed by atoms with Crippen LogP contribution in [0.4, 0.5) is 0 Å². The van der Waals surface area contributed by atoms with Crippen molar-refractivity contribution in [3.8, 4) is 0 Å². The lowest BCUT2D eigenvalue weighted by Crippen LogP contribution is -2.50. The molecule has 0 aromatic carbocycles. The van der Waals surface area contributed by atoms with E-state index in [0.717, 1.165) is 51.5 Å². The molecule has 2 rings (SSSR count). The number of ether oxygens (including phenoxy) is 2. The van der Waals surface area contributed by atoms with Crippen LogP contribution < -0.4 is 5.32 Å². The maximum atomic E-state index is 6.02. The molecule has 2 aliphatic rings. The summed E-state index contributed by atoms with van der Waals surface area (Å²) in [5.74, 6) is 0.730. The van der Waals surface area contributed by atoms with E-state index in [4.69, 9.17) is 9.47 Å². The summed E-state index contributed by atoms with van der Waals surface area (Å²) >= 11 is 0. The van der Waals surface area contributed by atoms with Crippen molar-refractivity contribution in [3.63, 3.8) is 0 Å². The topological polar surface area (TPSA) is 30.5 Å². The number of hydrogen-bond donors (Lipinski definition) is 1. The molecule has 94 valence electrons. The maximum absolute atomic E-state index is 6.02. The van der Waals surface area contributed by atoms with E-state index in [1.807, 2.05) is 0 Å². The Bertz CT molecular complexity index is 206. The lowest BCUT2D eigenvalue weighted by Gasteiger charge is -2.43. The first-order chi connectivity index (χ1) is 7.70. The third-order valence-corrected chi connectivity index (χ3v) is 3.71. The highest BCUT2D eigenvalue weighted by atomic mass is 16.5. The molecular weight excluding hydrogens is 202 g/mol. The van der Waals surface area contributed by atoms with Crippen LogP contribution in [-0.4, -0.2) is 38.0 Å². The molecule has 1 atom stereocenters. The van der Waals surface area contributed by atoms with E-state index in [0.29, 0.717) is 6.04 Å². The largest absolute Gasteiger partial charge is 0.381 e. The van der Waals surface area contributed by atoms with Gasteiger partial charge in [-0.2, -0.15) is 0 Å². The van der Waals surface area contributed by atoms with Crippen LogP contribution in [0.5, 0.6) is 0 Å². The molecular formula is C13H25NO2. The summed E-state index contributed by atoms with van der Waals surface area (Å²) in [5, 5.41) is 3.67. The van der Waals surface area contributed by atoms with E-state index in [1.165, 1.54) is 6.42 Å². The van der Waals surface area contributed by atoms with Gasteiger partial charge in [0.1, 0.15) is 0 Å². The molecule has 0 radical (unpaired) electrons. The summed E-state index contributed by atoms with van der Waals surface area (Å²) in [4.78, 5) is 0. The van der Waals surface area contributed by atoms with Crippen LogP contribution in [0.2, 0.25) is 0 Å². The van der Waals surface area contributed by atoms with Gasteiger partial charge < -0.3 is 14.8 Å². The Labute approximate surface area is 98.9 Å². The van der Waals surface area contributed by atoms with Crippen LogP contribution in [0.3, 0.4) is 0 Å². The highest BCUT2D eigenvalue weighted by molar-refractivity contribution is 4.91. The quantitative estimate of drug-likeness (QED) is 0.799. The molecule has 2 fully saturated rings. The normalized spacial score (nSPS) is 29.8. The smallest absolute Gasteiger partial charge is 0.0741 e. The van der Waals surface area contributed by atoms with Crippen molar-refractivity contribution in [1.29, 1.82) is 0 Å². The third kappa shape index (κ3) is 3.19. The average molecular weight is 227 g/mol. The number of nitrogens with one attached hydrogen (secondary N) is 1. The Kier molecular flexibility index (Phi) is 4.22. The van der Waals surface area contributed by atoms with Crippen molar-refractivity contribution in [1.82, 2.24) is 5.32 Å². The molecule has 3 nitrogen and oxygen atoms in total. The molecule has 0 aliphatic carbocycles. The molecule has 0 amide bonds. The second-order valence-corrected chi connectivity index (χ2v) is 5.64. The summed E-state index contributed by atoms with van der Waals surface area (Å²) in [6, 6.07) is 0.647. The first kappa shape index (κ1) is 12.3. The average Bonchev–Trinajstić information content (AvgIpc) is 2.28. The van der Waals surface area contributed by atoms with Gasteiger partial charge >= 0.3 is 0 Å². The fraction of sp³-hybridized carbons (Fsp3) is 1.00. The van der Waals surface area contributed by atoms with Crippen LogP contribution in [0, 0.1) is 5.92 Å². The first-order valence-corrected chi connectivity index (χ1v) is 6.65. The molecule has 0 bridgehead atoms. The van der Waals surface area contributed by atoms with Gasteiger partial charge in [0.05, 0.1) is 5.60 Å². The number of rotatable bonds is 3. The minimum absolute atomic E-state index is 0.130. The van der Waals surface area contributed by atoms with Crippen LogP contribution in [0.25, 0.3) is 0 Å². The zero-order valence-corrected chi connectivity index (χ0v) is 10.6. The van der Waals surface area contributed by atoms with Gasteiger partial charge in [-0.05, 0) is 38.1 Å². The molecule has 0 aromatic rings. The Balaban J connectivity index is 1.83. The van der Waals surface area contributed by atoms with E-state index in [-0.39, 0.29) is 5.60 Å². The second kappa shape index (κ2) is 5.48. The molecule has 2 aliphatic heterocycles. The Hall–Kier alpha value is -0.120. The monoisotopic (exact) mass is 227 g/mol. The van der Waals surface area contributed by atoms with Crippen molar-refractivity contribution in [2.45, 2.75) is 51.2 Å². The second-order valence-electron chi connectivity index (χ2n) is 5.64. The SMILES string of the molecule is CC(C)CNC1CCOC2(CCOCC2)C1. The minimum atomic E-state index is 0.130. The highest BCUT2D eigenvalue weighted by Gasteiger charge is 2.38. The Morgan fingerprint density at radius 3 is 2.69 bits per heavy atom. The molecule has 1 spiro atoms. The van der Waals surface area contributed by atoms with Gasteiger partial charge in [0, 0.05) is 25.9 Å². The summed E-state index contributed by atoms with van der Waals surface area (Å²) in [6.07, 6.45) is 4.48. The van der Waals surface area contributed by atoms with E-state index in [2.05, 4.69) is 19.2 Å². The molecule has 1 unspecified atom stereocenters. The van der Waals surface area contributed by atoms with Gasteiger partial charge in [-0.15, -0.1) is 0 Å². The standard InChI is InChI=1S/C13H25NO2/c1-11(2)10-14-12-3-6-16-13(9-12)4-7-15-8-5-13/h11-12,14H,3-10H2,1-2H3. The fourth-order valence-electron chi connectivity index (χ4n) is 2.70. The van der Waals surface area contributed by atoms with Crippen LogP contribution in [0.15, 0.2) is 0 Å². The summed E-state index contributed by atoms with van der Waals surface area (Å²) in [7, 11) is 0. The molecule has 1 N–H and O–H groups in total. The van der Waals surface area contributed by atoms with Crippen molar-refractivity contribution in [2.24, 2.45) is 5.92 Å². The van der Waals surface area contributed by atoms with E-state index in [9.17, 15) is 0 Å². The Morgan fingerprint density at radius 2 is 2.00 bits per heavy atom. The van der Waals surface area contributed by atoms with Crippen molar-refractivity contribution < 1.29 is 9.47 Å². The predicted octanol–water partition coefficient (Wildman–Crippen LogP) is 1.96. The van der Waals surface area contributed by atoms with E-state index < -0.39 is 0 Å². The van der Waals surface area contributed by atoms with Gasteiger partial charge in [-0.3, -0.25) is 0 Å². The predicted molar refractivity (Wildman–Crippen MR) is 64.6 cm³/mol. The van der Waals surface area contributed by atoms with Gasteiger partial charge in [0.25, 0.3) is 0 Å². The zero-order valence-electron chi connectivity index (χ0n) is 10.6. The summed E-state index contributed by atoms with van der Waals surface area (Å²) in [5.41, 5.74) is 0.130. The first-order valence-electron chi connectivity index (χ1n) is 6.65. The highest BCUT2D eigenvalue weighted by Crippen LogP contribution is 2.34. The van der Waals surface area contributed by atoms with Crippen LogP contribution in [0.1, 0.15) is 39.5 Å². The summed E-state index contributed by atoms with van der Waals surface area (Å²) in [6.45, 7) is 8.30.